The van der Waals surface area contributed by atoms with Gasteiger partial charge in [-0.25, -0.2) is 4.99 Å². The number of halogens is 4. The van der Waals surface area contributed by atoms with Gasteiger partial charge in [0.2, 0.25) is 5.96 Å². The van der Waals surface area contributed by atoms with E-state index in [0.717, 1.165) is 23.6 Å². The summed E-state index contributed by atoms with van der Waals surface area (Å²) < 4.78 is 47.0. The normalized spacial score (nSPS) is 17.6. The van der Waals surface area contributed by atoms with Crippen LogP contribution < -0.4 is 14.5 Å². The van der Waals surface area contributed by atoms with Crippen molar-refractivity contribution in [1.82, 2.24) is 4.90 Å². The number of piperazine rings is 1. The Balaban J connectivity index is 1.55. The van der Waals surface area contributed by atoms with E-state index in [4.69, 9.17) is 21.3 Å². The van der Waals surface area contributed by atoms with Gasteiger partial charge in [-0.1, -0.05) is 23.7 Å². The smallest absolute Gasteiger partial charge is 0.416 e. The van der Waals surface area contributed by atoms with Crippen LogP contribution >= 0.6 is 22.9 Å². The first kappa shape index (κ1) is 27.1. The van der Waals surface area contributed by atoms with E-state index in [1.54, 1.807) is 25.0 Å². The van der Waals surface area contributed by atoms with Crippen LogP contribution in [0.2, 0.25) is 4.34 Å². The molecule has 0 unspecified atom stereocenters. The highest BCUT2D eigenvalue weighted by Crippen LogP contribution is 2.47. The number of benzene rings is 2. The molecule has 5 rings (SSSR count). The van der Waals surface area contributed by atoms with E-state index in [9.17, 15) is 23.1 Å². The van der Waals surface area contributed by atoms with Crippen molar-refractivity contribution < 1.29 is 27.8 Å². The quantitative estimate of drug-likeness (QED) is 0.369. The number of ether oxygens (including phenoxy) is 1. The predicted octanol–water partition coefficient (Wildman–Crippen LogP) is 6.58. The van der Waals surface area contributed by atoms with Crippen molar-refractivity contribution in [3.63, 3.8) is 0 Å². The minimum Gasteiger partial charge on any atom is -0.497 e. The Bertz CT molecular complexity index is 1420. The lowest BCUT2D eigenvalue weighted by atomic mass is 10.0. The molecule has 12 heteroatoms. The molecular weight excluding hydrogens is 553 g/mol. The summed E-state index contributed by atoms with van der Waals surface area (Å²) in [6, 6.07) is 12.2. The first-order valence-corrected chi connectivity index (χ1v) is 13.5. The molecular formula is C27H26ClF3N4O3S. The number of nitrogens with zero attached hydrogens (tertiary/aromatic N) is 4. The van der Waals surface area contributed by atoms with Crippen LogP contribution in [-0.2, 0) is 11.0 Å². The number of aryl methyl sites for hydroxylation is 1. The Morgan fingerprint density at radius 2 is 1.85 bits per heavy atom. The first-order valence-electron chi connectivity index (χ1n) is 12.3. The molecule has 0 aliphatic carbocycles. The summed E-state index contributed by atoms with van der Waals surface area (Å²) in [5.74, 6) is 0.0845. The molecule has 1 N–H and O–H groups in total. The lowest BCUT2D eigenvalue weighted by Crippen LogP contribution is -2.55. The van der Waals surface area contributed by atoms with Crippen LogP contribution in [-0.4, -0.2) is 55.2 Å². The zero-order valence-electron chi connectivity index (χ0n) is 21.2. The highest BCUT2D eigenvalue weighted by atomic mass is 35.5. The summed E-state index contributed by atoms with van der Waals surface area (Å²) in [6.07, 6.45) is -4.89. The Kier molecular flexibility index (Phi) is 7.39. The molecule has 0 saturated carbocycles. The van der Waals surface area contributed by atoms with Gasteiger partial charge in [0, 0.05) is 43.6 Å². The summed E-state index contributed by atoms with van der Waals surface area (Å²) in [4.78, 5) is 23.3. The Labute approximate surface area is 232 Å². The molecule has 0 spiro atoms. The van der Waals surface area contributed by atoms with Crippen molar-refractivity contribution in [2.45, 2.75) is 25.6 Å². The number of anilines is 2. The highest BCUT2D eigenvalue weighted by molar-refractivity contribution is 7.16. The van der Waals surface area contributed by atoms with Gasteiger partial charge in [0.25, 0.3) is 0 Å². The van der Waals surface area contributed by atoms with Gasteiger partial charge in [-0.2, -0.15) is 13.2 Å². The first-order chi connectivity index (χ1) is 18.5. The van der Waals surface area contributed by atoms with Crippen molar-refractivity contribution in [1.29, 1.82) is 0 Å². The predicted molar refractivity (Wildman–Crippen MR) is 147 cm³/mol. The van der Waals surface area contributed by atoms with Crippen LogP contribution in [0, 0.1) is 6.92 Å². The molecule has 3 aromatic rings. The largest absolute Gasteiger partial charge is 0.497 e. The van der Waals surface area contributed by atoms with Crippen LogP contribution in [0.3, 0.4) is 0 Å². The van der Waals surface area contributed by atoms with Gasteiger partial charge in [0.05, 0.1) is 40.0 Å². The lowest BCUT2D eigenvalue weighted by Gasteiger charge is -2.45. The average molecular weight is 579 g/mol. The molecule has 1 saturated heterocycles. The number of thiophene rings is 1. The maximum Gasteiger partial charge on any atom is 0.416 e. The summed E-state index contributed by atoms with van der Waals surface area (Å²) in [6.45, 7) is 4.02. The molecule has 2 aliphatic rings. The van der Waals surface area contributed by atoms with Gasteiger partial charge in [-0.15, -0.1) is 11.3 Å². The summed E-state index contributed by atoms with van der Waals surface area (Å²) in [7, 11) is 1.61. The molecule has 3 heterocycles. The van der Waals surface area contributed by atoms with E-state index in [2.05, 4.69) is 4.90 Å². The fourth-order valence-corrected chi connectivity index (χ4v) is 6.24. The second-order valence-electron chi connectivity index (χ2n) is 9.37. The van der Waals surface area contributed by atoms with Crippen LogP contribution in [0.5, 0.6) is 5.75 Å². The number of fused-ring (bicyclic) bond motifs is 1. The molecule has 1 atom stereocenters. The number of hydrogen-bond donors (Lipinski definition) is 1. The number of aliphatic carboxylic acids is 1. The third-order valence-electron chi connectivity index (χ3n) is 6.91. The number of alkyl halides is 3. The van der Waals surface area contributed by atoms with Gasteiger partial charge in [0.15, 0.2) is 0 Å². The third kappa shape index (κ3) is 5.51. The van der Waals surface area contributed by atoms with Crippen molar-refractivity contribution in [2.24, 2.45) is 4.99 Å². The van der Waals surface area contributed by atoms with Crippen molar-refractivity contribution >= 4 is 51.9 Å². The molecule has 0 amide bonds. The average Bonchev–Trinajstić information content (AvgIpc) is 3.28. The zero-order valence-corrected chi connectivity index (χ0v) is 22.8. The van der Waals surface area contributed by atoms with Crippen LogP contribution in [0.25, 0.3) is 0 Å². The van der Waals surface area contributed by atoms with E-state index in [-0.39, 0.29) is 12.1 Å². The van der Waals surface area contributed by atoms with Crippen molar-refractivity contribution in [2.75, 3.05) is 43.1 Å². The van der Waals surface area contributed by atoms with E-state index in [1.807, 2.05) is 29.2 Å². The number of hydrogen-bond acceptors (Lipinski definition) is 7. The molecule has 0 bridgehead atoms. The number of aliphatic imine (C=N–C) groups is 1. The van der Waals surface area contributed by atoms with Crippen LogP contribution in [0.1, 0.15) is 28.5 Å². The van der Waals surface area contributed by atoms with Gasteiger partial charge < -0.3 is 24.5 Å². The maximum absolute atomic E-state index is 13.7. The Morgan fingerprint density at radius 3 is 2.51 bits per heavy atom. The minimum absolute atomic E-state index is 0.264. The second-order valence-corrected chi connectivity index (χ2v) is 11.1. The third-order valence-corrected chi connectivity index (χ3v) is 8.26. The molecule has 7 nitrogen and oxygen atoms in total. The monoisotopic (exact) mass is 578 g/mol. The molecule has 39 heavy (non-hydrogen) atoms. The van der Waals surface area contributed by atoms with E-state index in [1.165, 1.54) is 17.4 Å². The van der Waals surface area contributed by atoms with Crippen LogP contribution in [0.4, 0.5) is 30.2 Å². The van der Waals surface area contributed by atoms with Crippen molar-refractivity contribution in [3.8, 4) is 5.75 Å². The summed E-state index contributed by atoms with van der Waals surface area (Å²) in [5, 5.41) is 9.81. The van der Waals surface area contributed by atoms with Crippen molar-refractivity contribution in [3.05, 3.63) is 68.9 Å². The molecule has 2 aromatic carbocycles. The highest BCUT2D eigenvalue weighted by Gasteiger charge is 2.40. The summed E-state index contributed by atoms with van der Waals surface area (Å²) in [5.41, 5.74) is 1.57. The van der Waals surface area contributed by atoms with Crippen LogP contribution in [0.15, 0.2) is 53.5 Å². The number of carboxylic acids is 1. The molecule has 1 fully saturated rings. The fourth-order valence-electron chi connectivity index (χ4n) is 4.97. The van der Waals surface area contributed by atoms with Gasteiger partial charge in [-0.3, -0.25) is 4.79 Å². The SMILES string of the molecule is COc1cccc(N2CCN(C3=Nc4cc(Cl)sc4[C@H](CC(=O)O)N3c3cc(C(F)(F)F)ccc3C)CC2)c1. The van der Waals surface area contributed by atoms with Gasteiger partial charge in [0.1, 0.15) is 5.75 Å². The Hall–Kier alpha value is -3.44. The molecule has 2 aliphatic heterocycles. The molecule has 1 aromatic heterocycles. The second kappa shape index (κ2) is 10.6. The molecule has 0 radical (unpaired) electrons. The number of carbonyl (C=O) groups is 1. The van der Waals surface area contributed by atoms with E-state index in [0.29, 0.717) is 52.6 Å². The van der Waals surface area contributed by atoms with E-state index >= 15 is 0 Å². The maximum atomic E-state index is 13.7. The minimum atomic E-state index is -4.56. The van der Waals surface area contributed by atoms with E-state index < -0.39 is 23.8 Å². The standard InChI is InChI=1S/C27H26ClF3N4O3S/c1-16-6-7-17(27(29,30)31)12-21(16)35-22(15-24(36)37)25-20(14-23(28)39-25)32-26(35)34-10-8-33(9-11-34)18-4-3-5-19(13-18)38-2/h3-7,12-14,22H,8-11,15H2,1-2H3,(H,36,37)/t22-/m0/s1. The summed E-state index contributed by atoms with van der Waals surface area (Å²) >= 11 is 7.51. The number of methoxy groups -OCH3 is 1. The number of carboxylic acid groups (broad SMARTS) is 1. The topological polar surface area (TPSA) is 68.6 Å². The Morgan fingerprint density at radius 1 is 1.13 bits per heavy atom. The lowest BCUT2D eigenvalue weighted by molar-refractivity contribution is -0.138. The fraction of sp³-hybridized carbons (Fsp3) is 0.333. The van der Waals surface area contributed by atoms with Gasteiger partial charge >= 0.3 is 12.1 Å². The molecule has 206 valence electrons. The van der Waals surface area contributed by atoms with Gasteiger partial charge in [-0.05, 0) is 42.8 Å². The number of rotatable bonds is 5. The number of guanidine groups is 1. The zero-order chi connectivity index (χ0) is 27.9.